The fraction of sp³-hybridized carbons (Fsp3) is 0.444. The van der Waals surface area contributed by atoms with Crippen molar-refractivity contribution in [2.75, 3.05) is 13.1 Å². The van der Waals surface area contributed by atoms with E-state index in [-0.39, 0.29) is 5.91 Å². The summed E-state index contributed by atoms with van der Waals surface area (Å²) in [5.41, 5.74) is 10.6. The largest absolute Gasteiger partial charge is 0.351 e. The van der Waals surface area contributed by atoms with Gasteiger partial charge in [-0.1, -0.05) is 17.7 Å². The summed E-state index contributed by atoms with van der Waals surface area (Å²) in [7, 11) is 0. The number of unbranched alkanes of at least 4 members (excludes halogenated alkanes) is 1. The summed E-state index contributed by atoms with van der Waals surface area (Å²) in [5, 5.41) is 7.58. The highest BCUT2D eigenvalue weighted by molar-refractivity contribution is 5.94. The Morgan fingerprint density at radius 1 is 1.26 bits per heavy atom. The Balaban J connectivity index is 1.83. The van der Waals surface area contributed by atoms with Gasteiger partial charge in [-0.05, 0) is 57.7 Å². The molecule has 0 unspecified atom stereocenters. The number of hydrogen-bond donors (Lipinski definition) is 2. The zero-order valence-electron chi connectivity index (χ0n) is 13.6. The maximum atomic E-state index is 12.4. The minimum atomic E-state index is -0.0639. The van der Waals surface area contributed by atoms with Gasteiger partial charge in [0.2, 0.25) is 0 Å². The zero-order chi connectivity index (χ0) is 16.2. The van der Waals surface area contributed by atoms with E-state index in [1.54, 1.807) is 0 Å². The average molecular weight is 312 g/mol. The van der Waals surface area contributed by atoms with Crippen molar-refractivity contribution >= 4 is 5.91 Å². The van der Waals surface area contributed by atoms with Gasteiger partial charge in [0.25, 0.3) is 5.91 Å². The standard InChI is InChI=1S/C18H24N4O/c1-13-7-9-14(10-8-13)22-16-6-4-5-15(16)17(21-22)18(23)20-12-3-2-11-19/h7-10H,2-6,11-12,19H2,1H3,(H,20,23). The van der Waals surface area contributed by atoms with Crippen molar-refractivity contribution in [2.24, 2.45) is 5.73 Å². The van der Waals surface area contributed by atoms with E-state index >= 15 is 0 Å². The number of aromatic nitrogens is 2. The maximum absolute atomic E-state index is 12.4. The second kappa shape index (κ2) is 6.96. The molecule has 1 aliphatic carbocycles. The topological polar surface area (TPSA) is 72.9 Å². The summed E-state index contributed by atoms with van der Waals surface area (Å²) in [6.07, 6.45) is 4.84. The highest BCUT2D eigenvalue weighted by Crippen LogP contribution is 2.27. The molecule has 122 valence electrons. The molecule has 0 saturated carbocycles. The van der Waals surface area contributed by atoms with Crippen LogP contribution in [0, 0.1) is 6.92 Å². The Hall–Kier alpha value is -2.14. The summed E-state index contributed by atoms with van der Waals surface area (Å²) < 4.78 is 1.94. The van der Waals surface area contributed by atoms with Crippen molar-refractivity contribution in [3.63, 3.8) is 0 Å². The van der Waals surface area contributed by atoms with Crippen LogP contribution in [0.25, 0.3) is 5.69 Å². The van der Waals surface area contributed by atoms with Crippen molar-refractivity contribution < 1.29 is 4.79 Å². The van der Waals surface area contributed by atoms with Gasteiger partial charge in [0.05, 0.1) is 5.69 Å². The smallest absolute Gasteiger partial charge is 0.272 e. The molecule has 0 spiro atoms. The van der Waals surface area contributed by atoms with E-state index in [1.807, 2.05) is 4.68 Å². The maximum Gasteiger partial charge on any atom is 0.272 e. The highest BCUT2D eigenvalue weighted by atomic mass is 16.1. The van der Waals surface area contributed by atoms with Gasteiger partial charge in [-0.15, -0.1) is 0 Å². The van der Waals surface area contributed by atoms with Crippen molar-refractivity contribution in [3.8, 4) is 5.69 Å². The molecular weight excluding hydrogens is 288 g/mol. The van der Waals surface area contributed by atoms with E-state index in [9.17, 15) is 4.79 Å². The molecule has 0 aliphatic heterocycles. The monoisotopic (exact) mass is 312 g/mol. The van der Waals surface area contributed by atoms with Crippen LogP contribution in [0.1, 0.15) is 46.6 Å². The van der Waals surface area contributed by atoms with E-state index in [2.05, 4.69) is 41.6 Å². The lowest BCUT2D eigenvalue weighted by Crippen LogP contribution is -2.26. The van der Waals surface area contributed by atoms with Crippen molar-refractivity contribution in [2.45, 2.75) is 39.0 Å². The zero-order valence-corrected chi connectivity index (χ0v) is 13.6. The normalized spacial score (nSPS) is 13.1. The summed E-state index contributed by atoms with van der Waals surface area (Å²) >= 11 is 0. The van der Waals surface area contributed by atoms with Crippen molar-refractivity contribution in [3.05, 3.63) is 46.8 Å². The molecule has 1 heterocycles. The number of carbonyl (C=O) groups excluding carboxylic acids is 1. The Morgan fingerprint density at radius 3 is 2.78 bits per heavy atom. The molecule has 0 saturated heterocycles. The van der Waals surface area contributed by atoms with E-state index in [1.165, 1.54) is 11.3 Å². The van der Waals surface area contributed by atoms with Crippen LogP contribution < -0.4 is 11.1 Å². The summed E-state index contributed by atoms with van der Waals surface area (Å²) in [4.78, 5) is 12.4. The Kier molecular flexibility index (Phi) is 4.76. The van der Waals surface area contributed by atoms with Gasteiger partial charge in [-0.2, -0.15) is 5.10 Å². The van der Waals surface area contributed by atoms with Crippen molar-refractivity contribution in [1.29, 1.82) is 0 Å². The molecule has 1 aromatic carbocycles. The number of carbonyl (C=O) groups is 1. The molecule has 0 bridgehead atoms. The second-order valence-electron chi connectivity index (χ2n) is 6.13. The lowest BCUT2D eigenvalue weighted by atomic mass is 10.2. The van der Waals surface area contributed by atoms with Gasteiger partial charge < -0.3 is 11.1 Å². The van der Waals surface area contributed by atoms with Crippen LogP contribution in [0.15, 0.2) is 24.3 Å². The summed E-state index contributed by atoms with van der Waals surface area (Å²) in [5.74, 6) is -0.0639. The Bertz CT molecular complexity index is 688. The molecule has 3 rings (SSSR count). The lowest BCUT2D eigenvalue weighted by Gasteiger charge is -2.06. The predicted octanol–water partition coefficient (Wildman–Crippen LogP) is 2.14. The fourth-order valence-electron chi connectivity index (χ4n) is 3.07. The van der Waals surface area contributed by atoms with E-state index in [0.29, 0.717) is 18.8 Å². The number of amides is 1. The van der Waals surface area contributed by atoms with Gasteiger partial charge in [0.1, 0.15) is 0 Å². The van der Waals surface area contributed by atoms with Crippen LogP contribution in [0.2, 0.25) is 0 Å². The van der Waals surface area contributed by atoms with Crippen LogP contribution in [-0.4, -0.2) is 28.8 Å². The van der Waals surface area contributed by atoms with E-state index in [0.717, 1.165) is 43.4 Å². The van der Waals surface area contributed by atoms with Gasteiger partial charge in [0.15, 0.2) is 5.69 Å². The number of fused-ring (bicyclic) bond motifs is 1. The van der Waals surface area contributed by atoms with E-state index in [4.69, 9.17) is 5.73 Å². The van der Waals surface area contributed by atoms with Crippen LogP contribution in [0.3, 0.4) is 0 Å². The molecule has 2 aromatic rings. The molecule has 0 fully saturated rings. The van der Waals surface area contributed by atoms with E-state index < -0.39 is 0 Å². The molecule has 1 aromatic heterocycles. The third kappa shape index (κ3) is 3.29. The number of benzene rings is 1. The molecule has 1 aliphatic rings. The second-order valence-corrected chi connectivity index (χ2v) is 6.13. The molecule has 5 nitrogen and oxygen atoms in total. The van der Waals surface area contributed by atoms with Gasteiger partial charge in [0, 0.05) is 17.8 Å². The molecule has 1 amide bonds. The summed E-state index contributed by atoms with van der Waals surface area (Å²) in [6, 6.07) is 8.27. The third-order valence-corrected chi connectivity index (χ3v) is 4.34. The lowest BCUT2D eigenvalue weighted by molar-refractivity contribution is 0.0946. The number of nitrogens with two attached hydrogens (primary N) is 1. The quantitative estimate of drug-likeness (QED) is 0.803. The molecular formula is C18H24N4O. The molecule has 5 heteroatoms. The first-order valence-electron chi connectivity index (χ1n) is 8.37. The number of nitrogens with zero attached hydrogens (tertiary/aromatic N) is 2. The third-order valence-electron chi connectivity index (χ3n) is 4.34. The first kappa shape index (κ1) is 15.7. The number of aryl methyl sites for hydroxylation is 1. The van der Waals surface area contributed by atoms with Crippen LogP contribution >= 0.6 is 0 Å². The molecule has 3 N–H and O–H groups in total. The first-order chi connectivity index (χ1) is 11.2. The molecule has 0 radical (unpaired) electrons. The van der Waals surface area contributed by atoms with Crippen LogP contribution in [0.5, 0.6) is 0 Å². The minimum Gasteiger partial charge on any atom is -0.351 e. The van der Waals surface area contributed by atoms with Gasteiger partial charge in [-0.3, -0.25) is 4.79 Å². The summed E-state index contributed by atoms with van der Waals surface area (Å²) in [6.45, 7) is 3.38. The average Bonchev–Trinajstić information content (AvgIpc) is 3.14. The highest BCUT2D eigenvalue weighted by Gasteiger charge is 2.26. The minimum absolute atomic E-state index is 0.0639. The fourth-order valence-corrected chi connectivity index (χ4v) is 3.07. The number of nitrogens with one attached hydrogen (secondary N) is 1. The first-order valence-corrected chi connectivity index (χ1v) is 8.37. The molecule has 23 heavy (non-hydrogen) atoms. The van der Waals surface area contributed by atoms with Crippen molar-refractivity contribution in [1.82, 2.24) is 15.1 Å². The van der Waals surface area contributed by atoms with Crippen LogP contribution in [-0.2, 0) is 12.8 Å². The Morgan fingerprint density at radius 2 is 2.04 bits per heavy atom. The number of rotatable bonds is 6. The number of hydrogen-bond acceptors (Lipinski definition) is 3. The SMILES string of the molecule is Cc1ccc(-n2nc(C(=O)NCCCCN)c3c2CCC3)cc1. The van der Waals surface area contributed by atoms with Gasteiger partial charge >= 0.3 is 0 Å². The molecule has 0 atom stereocenters. The van der Waals surface area contributed by atoms with Crippen LogP contribution in [0.4, 0.5) is 0 Å². The predicted molar refractivity (Wildman–Crippen MR) is 90.9 cm³/mol. The van der Waals surface area contributed by atoms with Gasteiger partial charge in [-0.25, -0.2) is 4.68 Å². The Labute approximate surface area is 136 Å².